The largest absolute Gasteiger partial charge is 0.322 e. The van der Waals surface area contributed by atoms with Gasteiger partial charge in [-0.15, -0.1) is 0 Å². The second-order valence-electron chi connectivity index (χ2n) is 6.89. The Balaban J connectivity index is 1.64. The molecule has 0 atom stereocenters. The lowest BCUT2D eigenvalue weighted by Crippen LogP contribution is -2.18. The van der Waals surface area contributed by atoms with E-state index in [9.17, 15) is 4.79 Å². The van der Waals surface area contributed by atoms with Gasteiger partial charge in [0.25, 0.3) is 5.91 Å². The molecule has 142 valence electrons. The first-order valence-corrected chi connectivity index (χ1v) is 9.02. The molecule has 3 aromatic rings. The molecule has 0 aliphatic heterocycles. The minimum atomic E-state index is -0.169. The molecule has 0 saturated heterocycles. The summed E-state index contributed by atoms with van der Waals surface area (Å²) in [7, 11) is 3.99. The predicted octanol–water partition coefficient (Wildman–Crippen LogP) is 3.48. The summed E-state index contributed by atoms with van der Waals surface area (Å²) in [6, 6.07) is 16.5. The van der Waals surface area contributed by atoms with Crippen LogP contribution in [-0.4, -0.2) is 27.6 Å². The highest BCUT2D eigenvalue weighted by molar-refractivity contribution is 6.04. The fraction of sp³-hybridized carbons (Fsp3) is 0.227. The zero-order chi connectivity index (χ0) is 20.1. The fourth-order valence-corrected chi connectivity index (χ4v) is 3.00. The van der Waals surface area contributed by atoms with Crippen molar-refractivity contribution in [3.8, 4) is 6.07 Å². The van der Waals surface area contributed by atoms with Crippen LogP contribution in [0.2, 0.25) is 0 Å². The topological polar surface area (TPSA) is 74.0 Å². The smallest absolute Gasteiger partial charge is 0.255 e. The Morgan fingerprint density at radius 3 is 2.61 bits per heavy atom. The monoisotopic (exact) mass is 373 g/mol. The summed E-state index contributed by atoms with van der Waals surface area (Å²) in [5.41, 5.74) is 5.25. The van der Waals surface area contributed by atoms with Gasteiger partial charge in [0.15, 0.2) is 0 Å². The zero-order valence-electron chi connectivity index (χ0n) is 16.3. The number of hydrogen-bond acceptors (Lipinski definition) is 4. The molecule has 0 fully saturated rings. The number of amides is 1. The summed E-state index contributed by atoms with van der Waals surface area (Å²) in [6.45, 7) is 3.58. The number of benzene rings is 2. The Morgan fingerprint density at radius 2 is 1.96 bits per heavy atom. The third-order valence-electron chi connectivity index (χ3n) is 4.69. The van der Waals surface area contributed by atoms with Crippen molar-refractivity contribution in [3.63, 3.8) is 0 Å². The molecule has 0 aliphatic rings. The lowest BCUT2D eigenvalue weighted by atomic mass is 10.1. The molecule has 0 bridgehead atoms. The molecule has 2 aromatic carbocycles. The van der Waals surface area contributed by atoms with Crippen molar-refractivity contribution in [2.75, 3.05) is 12.4 Å². The number of carbonyl (C=O) groups is 1. The van der Waals surface area contributed by atoms with E-state index >= 15 is 0 Å². The highest BCUT2D eigenvalue weighted by atomic mass is 16.1. The minimum absolute atomic E-state index is 0.169. The van der Waals surface area contributed by atoms with E-state index in [1.807, 2.05) is 36.1 Å². The van der Waals surface area contributed by atoms with Crippen LogP contribution in [0.15, 0.2) is 54.7 Å². The SMILES string of the molecule is Cc1c(CN(C)Cc2cccc(C(=O)Nc3ccc(C#N)cc3)c2)cnn1C. The molecule has 0 saturated carbocycles. The Kier molecular flexibility index (Phi) is 5.87. The molecule has 6 nitrogen and oxygen atoms in total. The van der Waals surface area contributed by atoms with Gasteiger partial charge in [0, 0.05) is 42.6 Å². The molecule has 0 radical (unpaired) electrons. The van der Waals surface area contributed by atoms with Crippen LogP contribution in [0.3, 0.4) is 0 Å². The molecule has 28 heavy (non-hydrogen) atoms. The molecule has 1 heterocycles. The van der Waals surface area contributed by atoms with Gasteiger partial charge in [-0.25, -0.2) is 0 Å². The summed E-state index contributed by atoms with van der Waals surface area (Å²) >= 11 is 0. The van der Waals surface area contributed by atoms with E-state index in [1.54, 1.807) is 30.3 Å². The van der Waals surface area contributed by atoms with Gasteiger partial charge >= 0.3 is 0 Å². The average Bonchev–Trinajstić information content (AvgIpc) is 3.00. The average molecular weight is 373 g/mol. The molecule has 1 amide bonds. The van der Waals surface area contributed by atoms with Gasteiger partial charge in [0.05, 0.1) is 17.8 Å². The second-order valence-corrected chi connectivity index (χ2v) is 6.89. The standard InChI is InChI=1S/C22H23N5O/c1-16-20(13-24-27(16)3)15-26(2)14-18-5-4-6-19(11-18)22(28)25-21-9-7-17(12-23)8-10-21/h4-11,13H,14-15H2,1-3H3,(H,25,28). The van der Waals surface area contributed by atoms with Gasteiger partial charge in [0.1, 0.15) is 0 Å². The van der Waals surface area contributed by atoms with E-state index in [0.717, 1.165) is 24.3 Å². The van der Waals surface area contributed by atoms with Crippen molar-refractivity contribution in [1.29, 1.82) is 5.26 Å². The van der Waals surface area contributed by atoms with Gasteiger partial charge in [0.2, 0.25) is 0 Å². The molecule has 0 aliphatic carbocycles. The number of aromatic nitrogens is 2. The minimum Gasteiger partial charge on any atom is -0.322 e. The number of nitrogens with one attached hydrogen (secondary N) is 1. The van der Waals surface area contributed by atoms with E-state index in [-0.39, 0.29) is 5.91 Å². The molecule has 6 heteroatoms. The van der Waals surface area contributed by atoms with Gasteiger partial charge in [-0.05, 0) is 55.9 Å². The van der Waals surface area contributed by atoms with Crippen LogP contribution in [0.1, 0.15) is 32.7 Å². The Hall–Kier alpha value is -3.43. The molecular weight excluding hydrogens is 350 g/mol. The summed E-state index contributed by atoms with van der Waals surface area (Å²) in [6.07, 6.45) is 1.90. The maximum Gasteiger partial charge on any atom is 0.255 e. The van der Waals surface area contributed by atoms with Crippen LogP contribution in [0.5, 0.6) is 0 Å². The van der Waals surface area contributed by atoms with Gasteiger partial charge < -0.3 is 5.32 Å². The maximum atomic E-state index is 12.5. The number of hydrogen-bond donors (Lipinski definition) is 1. The number of aryl methyl sites for hydroxylation is 1. The van der Waals surface area contributed by atoms with Crippen LogP contribution in [0, 0.1) is 18.3 Å². The fourth-order valence-electron chi connectivity index (χ4n) is 3.00. The second kappa shape index (κ2) is 8.51. The lowest BCUT2D eigenvalue weighted by Gasteiger charge is -2.17. The molecule has 3 rings (SSSR count). The first kappa shape index (κ1) is 19.3. The highest BCUT2D eigenvalue weighted by Gasteiger charge is 2.10. The third-order valence-corrected chi connectivity index (χ3v) is 4.69. The van der Waals surface area contributed by atoms with Crippen molar-refractivity contribution >= 4 is 11.6 Å². The zero-order valence-corrected chi connectivity index (χ0v) is 16.3. The van der Waals surface area contributed by atoms with Crippen molar-refractivity contribution in [3.05, 3.63) is 82.7 Å². The number of rotatable bonds is 6. The molecule has 0 unspecified atom stereocenters. The van der Waals surface area contributed by atoms with E-state index < -0.39 is 0 Å². The predicted molar refractivity (Wildman–Crippen MR) is 109 cm³/mol. The number of carbonyl (C=O) groups excluding carboxylic acids is 1. The van der Waals surface area contributed by atoms with Crippen molar-refractivity contribution in [1.82, 2.24) is 14.7 Å². The Bertz CT molecular complexity index is 1010. The van der Waals surface area contributed by atoms with Crippen LogP contribution < -0.4 is 5.32 Å². The summed E-state index contributed by atoms with van der Waals surface area (Å²) in [4.78, 5) is 14.7. The van der Waals surface area contributed by atoms with Crippen molar-refractivity contribution < 1.29 is 4.79 Å². The maximum absolute atomic E-state index is 12.5. The van der Waals surface area contributed by atoms with Crippen LogP contribution >= 0.6 is 0 Å². The van der Waals surface area contributed by atoms with E-state index in [0.29, 0.717) is 16.8 Å². The van der Waals surface area contributed by atoms with Crippen LogP contribution in [0.4, 0.5) is 5.69 Å². The van der Waals surface area contributed by atoms with Crippen molar-refractivity contribution in [2.24, 2.45) is 7.05 Å². The normalized spacial score (nSPS) is 10.7. The third kappa shape index (κ3) is 4.64. The Labute approximate surface area is 165 Å². The van der Waals surface area contributed by atoms with Crippen LogP contribution in [-0.2, 0) is 20.1 Å². The van der Waals surface area contributed by atoms with Gasteiger partial charge in [-0.1, -0.05) is 12.1 Å². The number of nitrogens with zero attached hydrogens (tertiary/aromatic N) is 4. The molecule has 1 aromatic heterocycles. The summed E-state index contributed by atoms with van der Waals surface area (Å²) in [5, 5.41) is 16.0. The lowest BCUT2D eigenvalue weighted by molar-refractivity contribution is 0.102. The number of anilines is 1. The van der Waals surface area contributed by atoms with Crippen molar-refractivity contribution in [2.45, 2.75) is 20.0 Å². The molecule has 1 N–H and O–H groups in total. The molecule has 0 spiro atoms. The number of nitriles is 1. The van der Waals surface area contributed by atoms with E-state index in [2.05, 4.69) is 35.4 Å². The molecular formula is C22H23N5O. The van der Waals surface area contributed by atoms with Crippen LogP contribution in [0.25, 0.3) is 0 Å². The summed E-state index contributed by atoms with van der Waals surface area (Å²) < 4.78 is 1.87. The first-order valence-electron chi connectivity index (χ1n) is 9.02. The highest BCUT2D eigenvalue weighted by Crippen LogP contribution is 2.15. The van der Waals surface area contributed by atoms with E-state index in [4.69, 9.17) is 5.26 Å². The Morgan fingerprint density at radius 1 is 1.21 bits per heavy atom. The quantitative estimate of drug-likeness (QED) is 0.718. The van der Waals surface area contributed by atoms with Gasteiger partial charge in [-0.2, -0.15) is 10.4 Å². The first-order chi connectivity index (χ1) is 13.5. The van der Waals surface area contributed by atoms with Gasteiger partial charge in [-0.3, -0.25) is 14.4 Å². The summed E-state index contributed by atoms with van der Waals surface area (Å²) in [5.74, 6) is -0.169. The van der Waals surface area contributed by atoms with E-state index in [1.165, 1.54) is 5.56 Å².